The first-order chi connectivity index (χ1) is 16.5. The van der Waals surface area contributed by atoms with Crippen LogP contribution in [0.1, 0.15) is 30.7 Å². The van der Waals surface area contributed by atoms with E-state index >= 15 is 0 Å². The predicted octanol–water partition coefficient (Wildman–Crippen LogP) is 3.39. The highest BCUT2D eigenvalue weighted by atomic mass is 32.2. The summed E-state index contributed by atoms with van der Waals surface area (Å²) in [7, 11) is -2.39. The smallest absolute Gasteiger partial charge is 0.263 e. The minimum atomic E-state index is -3.90. The first-order valence-electron chi connectivity index (χ1n) is 11.4. The second-order valence-corrected chi connectivity index (χ2v) is 12.4. The molecular formula is C24H30N4O5S2. The lowest BCUT2D eigenvalue weighted by Crippen LogP contribution is -2.42. The molecule has 4 rings (SSSR count). The molecule has 35 heavy (non-hydrogen) atoms. The molecule has 0 saturated carbocycles. The van der Waals surface area contributed by atoms with Crippen LogP contribution in [0.25, 0.3) is 10.2 Å². The lowest BCUT2D eigenvalue weighted by Gasteiger charge is -2.34. The number of carbonyl (C=O) groups excluding carboxylic acids is 1. The van der Waals surface area contributed by atoms with Gasteiger partial charge in [0, 0.05) is 18.0 Å². The minimum Gasteiger partial charge on any atom is -0.495 e. The highest BCUT2D eigenvalue weighted by Crippen LogP contribution is 2.35. The van der Waals surface area contributed by atoms with Crippen LogP contribution < -0.4 is 15.6 Å². The van der Waals surface area contributed by atoms with Gasteiger partial charge in [-0.3, -0.25) is 14.2 Å². The van der Waals surface area contributed by atoms with E-state index in [0.29, 0.717) is 34.2 Å². The number of aromatic nitrogens is 2. The number of thiophene rings is 1. The van der Waals surface area contributed by atoms with Crippen molar-refractivity contribution >= 4 is 43.2 Å². The highest BCUT2D eigenvalue weighted by molar-refractivity contribution is 7.89. The number of piperidine rings is 1. The van der Waals surface area contributed by atoms with Crippen molar-refractivity contribution < 1.29 is 17.9 Å². The van der Waals surface area contributed by atoms with E-state index in [-0.39, 0.29) is 28.7 Å². The van der Waals surface area contributed by atoms with E-state index in [1.165, 1.54) is 29.1 Å². The van der Waals surface area contributed by atoms with Crippen LogP contribution in [0.3, 0.4) is 0 Å². The van der Waals surface area contributed by atoms with Gasteiger partial charge in [0.1, 0.15) is 22.0 Å². The van der Waals surface area contributed by atoms with Crippen LogP contribution in [0.15, 0.2) is 34.2 Å². The van der Waals surface area contributed by atoms with E-state index in [4.69, 9.17) is 4.74 Å². The Kier molecular flexibility index (Phi) is 7.03. The maximum Gasteiger partial charge on any atom is 0.263 e. The van der Waals surface area contributed by atoms with Gasteiger partial charge in [0.2, 0.25) is 15.9 Å². The molecule has 1 N–H and O–H groups in total. The largest absolute Gasteiger partial charge is 0.495 e. The lowest BCUT2D eigenvalue weighted by molar-refractivity contribution is -0.116. The van der Waals surface area contributed by atoms with Gasteiger partial charge < -0.3 is 10.1 Å². The van der Waals surface area contributed by atoms with Crippen LogP contribution in [-0.2, 0) is 21.4 Å². The zero-order valence-electron chi connectivity index (χ0n) is 20.5. The Balaban J connectivity index is 1.69. The molecule has 11 heteroatoms. The minimum absolute atomic E-state index is 0.00594. The maximum absolute atomic E-state index is 13.7. The third kappa shape index (κ3) is 4.98. The van der Waals surface area contributed by atoms with Gasteiger partial charge in [-0.1, -0.05) is 19.9 Å². The average Bonchev–Trinajstić information content (AvgIpc) is 3.12. The number of methoxy groups -OCH3 is 1. The van der Waals surface area contributed by atoms with Crippen LogP contribution in [0.5, 0.6) is 5.75 Å². The Morgan fingerprint density at radius 2 is 1.91 bits per heavy atom. The van der Waals surface area contributed by atoms with Crippen molar-refractivity contribution in [3.63, 3.8) is 0 Å². The number of sulfonamides is 1. The average molecular weight is 519 g/mol. The molecule has 2 unspecified atom stereocenters. The number of nitrogens with one attached hydrogen (secondary N) is 1. The van der Waals surface area contributed by atoms with Crippen LogP contribution in [0.2, 0.25) is 0 Å². The second kappa shape index (κ2) is 9.71. The van der Waals surface area contributed by atoms with Crippen molar-refractivity contribution in [2.45, 2.75) is 45.6 Å². The fourth-order valence-corrected chi connectivity index (χ4v) is 8.08. The molecular weight excluding hydrogens is 488 g/mol. The van der Waals surface area contributed by atoms with Gasteiger partial charge in [0.05, 0.1) is 24.5 Å². The van der Waals surface area contributed by atoms with Crippen molar-refractivity contribution in [1.29, 1.82) is 0 Å². The summed E-state index contributed by atoms with van der Waals surface area (Å²) in [6.07, 6.45) is 2.25. The van der Waals surface area contributed by atoms with E-state index < -0.39 is 21.5 Å². The molecule has 1 aliphatic rings. The van der Waals surface area contributed by atoms with E-state index in [9.17, 15) is 18.0 Å². The van der Waals surface area contributed by atoms with Gasteiger partial charge in [-0.2, -0.15) is 4.31 Å². The molecule has 9 nitrogen and oxygen atoms in total. The molecule has 1 aromatic carbocycles. The number of amides is 1. The van der Waals surface area contributed by atoms with Gasteiger partial charge in [-0.15, -0.1) is 11.3 Å². The molecule has 0 spiro atoms. The Morgan fingerprint density at radius 1 is 1.23 bits per heavy atom. The van der Waals surface area contributed by atoms with Crippen molar-refractivity contribution in [2.24, 2.45) is 11.8 Å². The molecule has 3 aromatic rings. The molecule has 3 heterocycles. The van der Waals surface area contributed by atoms with Crippen LogP contribution in [0.4, 0.5) is 5.69 Å². The van der Waals surface area contributed by atoms with Crippen molar-refractivity contribution in [3.8, 4) is 5.75 Å². The summed E-state index contributed by atoms with van der Waals surface area (Å²) in [6, 6.07) is 5.38. The number of fused-ring (bicyclic) bond motifs is 1. The molecule has 1 fully saturated rings. The first kappa shape index (κ1) is 25.3. The maximum atomic E-state index is 13.7. The van der Waals surface area contributed by atoms with Crippen molar-refractivity contribution in [3.05, 3.63) is 45.3 Å². The summed E-state index contributed by atoms with van der Waals surface area (Å²) in [5.74, 6) is 0.510. The molecule has 0 aliphatic carbocycles. The molecule has 1 aliphatic heterocycles. The number of hydrogen-bond acceptors (Lipinski definition) is 7. The van der Waals surface area contributed by atoms with Crippen molar-refractivity contribution in [1.82, 2.24) is 13.9 Å². The van der Waals surface area contributed by atoms with Crippen LogP contribution in [-0.4, -0.2) is 48.4 Å². The fourth-order valence-electron chi connectivity index (χ4n) is 4.73. The lowest BCUT2D eigenvalue weighted by atomic mass is 9.94. The quantitative estimate of drug-likeness (QED) is 0.536. The molecule has 2 atom stereocenters. The Labute approximate surface area is 208 Å². The molecule has 0 radical (unpaired) electrons. The zero-order chi connectivity index (χ0) is 25.5. The van der Waals surface area contributed by atoms with Gasteiger partial charge in [0.15, 0.2) is 0 Å². The van der Waals surface area contributed by atoms with E-state index in [0.717, 1.165) is 16.6 Å². The van der Waals surface area contributed by atoms with Gasteiger partial charge in [-0.05, 0) is 49.8 Å². The third-order valence-corrected chi connectivity index (χ3v) is 9.32. The molecule has 1 saturated heterocycles. The van der Waals surface area contributed by atoms with Crippen LogP contribution in [0, 0.1) is 25.7 Å². The topological polar surface area (TPSA) is 111 Å². The standard InChI is InChI=1S/C24H30N4O5S2/c1-14-6-7-19(33-5)18(9-14)26-20(29)12-27-13-25-23-21(24(27)30)22(17(4)34-23)35(31,32)28-10-15(2)8-16(3)11-28/h6-7,9,13,15-16H,8,10-12H2,1-5H3,(H,26,29). The Morgan fingerprint density at radius 3 is 2.57 bits per heavy atom. The molecule has 188 valence electrons. The summed E-state index contributed by atoms with van der Waals surface area (Å²) in [4.78, 5) is 31.4. The van der Waals surface area contributed by atoms with Crippen LogP contribution >= 0.6 is 11.3 Å². The zero-order valence-corrected chi connectivity index (χ0v) is 22.1. The normalized spacial score (nSPS) is 19.1. The molecule has 0 bridgehead atoms. The summed E-state index contributed by atoms with van der Waals surface area (Å²) < 4.78 is 35.3. The fraction of sp³-hybridized carbons (Fsp3) is 0.458. The number of hydrogen-bond donors (Lipinski definition) is 1. The number of rotatable bonds is 6. The first-order valence-corrected chi connectivity index (χ1v) is 13.7. The number of ether oxygens (including phenoxy) is 1. The summed E-state index contributed by atoms with van der Waals surface area (Å²) in [5, 5.41) is 2.81. The van der Waals surface area contributed by atoms with Crippen molar-refractivity contribution in [2.75, 3.05) is 25.5 Å². The monoisotopic (exact) mass is 518 g/mol. The van der Waals surface area contributed by atoms with Gasteiger partial charge in [0.25, 0.3) is 5.56 Å². The van der Waals surface area contributed by atoms with Gasteiger partial charge in [-0.25, -0.2) is 13.4 Å². The second-order valence-electron chi connectivity index (χ2n) is 9.37. The SMILES string of the molecule is COc1ccc(C)cc1NC(=O)Cn1cnc2sc(C)c(S(=O)(=O)N3CC(C)CC(C)C3)c2c1=O. The Hall–Kier alpha value is -2.76. The van der Waals surface area contributed by atoms with E-state index in [2.05, 4.69) is 10.3 Å². The summed E-state index contributed by atoms with van der Waals surface area (Å²) in [5.41, 5.74) is 0.872. The number of anilines is 1. The molecule has 1 amide bonds. The predicted molar refractivity (Wildman–Crippen MR) is 137 cm³/mol. The summed E-state index contributed by atoms with van der Waals surface area (Å²) in [6.45, 7) is 8.17. The highest BCUT2D eigenvalue weighted by Gasteiger charge is 2.35. The Bertz CT molecular complexity index is 1430. The number of carbonyl (C=O) groups is 1. The summed E-state index contributed by atoms with van der Waals surface area (Å²) >= 11 is 1.17. The number of aryl methyl sites for hydroxylation is 2. The third-order valence-electron chi connectivity index (χ3n) is 6.18. The van der Waals surface area contributed by atoms with E-state index in [1.807, 2.05) is 26.8 Å². The number of benzene rings is 1. The number of nitrogens with zero attached hydrogens (tertiary/aromatic N) is 3. The van der Waals surface area contributed by atoms with Gasteiger partial charge >= 0.3 is 0 Å². The molecule has 2 aromatic heterocycles. The van der Waals surface area contributed by atoms with E-state index in [1.54, 1.807) is 19.1 Å².